The van der Waals surface area contributed by atoms with Gasteiger partial charge >= 0.3 is 6.61 Å². The molecular weight excluding hydrogens is 362 g/mol. The second-order valence-corrected chi connectivity index (χ2v) is 6.36. The van der Waals surface area contributed by atoms with Gasteiger partial charge in [0.15, 0.2) is 0 Å². The molecule has 0 atom stereocenters. The van der Waals surface area contributed by atoms with Gasteiger partial charge in [0, 0.05) is 18.1 Å². The van der Waals surface area contributed by atoms with E-state index in [4.69, 9.17) is 11.6 Å². The van der Waals surface area contributed by atoms with Gasteiger partial charge in [0.25, 0.3) is 0 Å². The highest BCUT2D eigenvalue weighted by molar-refractivity contribution is 6.30. The summed E-state index contributed by atoms with van der Waals surface area (Å²) in [6, 6.07) is 13.9. The van der Waals surface area contributed by atoms with Crippen LogP contribution in [0.2, 0.25) is 5.02 Å². The molecule has 140 valence electrons. The molecule has 0 bridgehead atoms. The van der Waals surface area contributed by atoms with Crippen LogP contribution in [0.15, 0.2) is 48.5 Å². The third-order valence-electron chi connectivity index (χ3n) is 3.64. The molecule has 0 heterocycles. The SMILES string of the molecule is CN(CC(=O)NCCc1cccc(Cl)c1)Cc1ccc(OC(F)F)cc1. The molecule has 0 fully saturated rings. The molecule has 0 aromatic heterocycles. The molecule has 2 rings (SSSR count). The summed E-state index contributed by atoms with van der Waals surface area (Å²) in [4.78, 5) is 13.8. The summed E-state index contributed by atoms with van der Waals surface area (Å²) in [5, 5.41) is 3.55. The first-order valence-corrected chi connectivity index (χ1v) is 8.53. The van der Waals surface area contributed by atoms with Crippen LogP contribution in [0.5, 0.6) is 5.75 Å². The van der Waals surface area contributed by atoms with Crippen molar-refractivity contribution < 1.29 is 18.3 Å². The number of benzene rings is 2. The number of alkyl halides is 2. The fraction of sp³-hybridized carbons (Fsp3) is 0.316. The molecule has 0 unspecified atom stereocenters. The molecule has 0 aliphatic rings. The van der Waals surface area contributed by atoms with E-state index in [-0.39, 0.29) is 18.2 Å². The first-order valence-electron chi connectivity index (χ1n) is 8.16. The molecule has 1 amide bonds. The number of nitrogens with zero attached hydrogens (tertiary/aromatic N) is 1. The van der Waals surface area contributed by atoms with Crippen molar-refractivity contribution in [3.05, 3.63) is 64.7 Å². The van der Waals surface area contributed by atoms with Crippen molar-refractivity contribution in [3.63, 3.8) is 0 Å². The van der Waals surface area contributed by atoms with Gasteiger partial charge in [-0.15, -0.1) is 0 Å². The molecular formula is C19H21ClF2N2O2. The van der Waals surface area contributed by atoms with Gasteiger partial charge in [0.1, 0.15) is 5.75 Å². The third kappa shape index (κ3) is 7.37. The van der Waals surface area contributed by atoms with Crippen molar-refractivity contribution in [2.75, 3.05) is 20.1 Å². The number of halogens is 3. The first kappa shape index (κ1) is 20.1. The Morgan fingerprint density at radius 2 is 1.92 bits per heavy atom. The first-order chi connectivity index (χ1) is 12.4. The van der Waals surface area contributed by atoms with E-state index in [9.17, 15) is 13.6 Å². The summed E-state index contributed by atoms with van der Waals surface area (Å²) in [5.74, 6) is 0.0392. The van der Waals surface area contributed by atoms with E-state index in [1.54, 1.807) is 12.1 Å². The largest absolute Gasteiger partial charge is 0.435 e. The minimum Gasteiger partial charge on any atom is -0.435 e. The predicted molar refractivity (Wildman–Crippen MR) is 97.6 cm³/mol. The Balaban J connectivity index is 1.71. The summed E-state index contributed by atoms with van der Waals surface area (Å²) in [5.41, 5.74) is 1.97. The van der Waals surface area contributed by atoms with Crippen LogP contribution in [-0.2, 0) is 17.8 Å². The van der Waals surface area contributed by atoms with Crippen molar-refractivity contribution >= 4 is 17.5 Å². The number of amides is 1. The fourth-order valence-electron chi connectivity index (χ4n) is 2.48. The van der Waals surface area contributed by atoms with Gasteiger partial charge < -0.3 is 10.1 Å². The molecule has 2 aromatic carbocycles. The Kier molecular flexibility index (Phi) is 7.81. The standard InChI is InChI=1S/C19H21ClF2N2O2/c1-24(12-15-5-7-17(8-6-15)26-19(21)22)13-18(25)23-10-9-14-3-2-4-16(20)11-14/h2-8,11,19H,9-10,12-13H2,1H3,(H,23,25). The number of hydrogen-bond donors (Lipinski definition) is 1. The van der Waals surface area contributed by atoms with Crippen LogP contribution in [0.1, 0.15) is 11.1 Å². The minimum atomic E-state index is -2.83. The van der Waals surface area contributed by atoms with Crippen LogP contribution >= 0.6 is 11.6 Å². The average molecular weight is 383 g/mol. The zero-order chi connectivity index (χ0) is 18.9. The summed E-state index contributed by atoms with van der Waals surface area (Å²) in [6.07, 6.45) is 0.710. The zero-order valence-corrected chi connectivity index (χ0v) is 15.2. The van der Waals surface area contributed by atoms with Crippen LogP contribution in [0.3, 0.4) is 0 Å². The van der Waals surface area contributed by atoms with Gasteiger partial charge in [-0.1, -0.05) is 35.9 Å². The second-order valence-electron chi connectivity index (χ2n) is 5.92. The molecule has 7 heteroatoms. The summed E-state index contributed by atoms with van der Waals surface area (Å²) in [6.45, 7) is -1.53. The van der Waals surface area contributed by atoms with Crippen LogP contribution in [0, 0.1) is 0 Å². The molecule has 0 radical (unpaired) electrons. The Labute approximate surface area is 156 Å². The Morgan fingerprint density at radius 3 is 2.58 bits per heavy atom. The van der Waals surface area contributed by atoms with Crippen molar-refractivity contribution in [2.45, 2.75) is 19.6 Å². The van der Waals surface area contributed by atoms with E-state index >= 15 is 0 Å². The van der Waals surface area contributed by atoms with Crippen LogP contribution in [0.4, 0.5) is 8.78 Å². The lowest BCUT2D eigenvalue weighted by Crippen LogP contribution is -2.35. The maximum absolute atomic E-state index is 12.1. The van der Waals surface area contributed by atoms with E-state index in [2.05, 4.69) is 10.1 Å². The molecule has 2 aromatic rings. The maximum Gasteiger partial charge on any atom is 0.387 e. The molecule has 0 saturated heterocycles. The number of nitrogens with one attached hydrogen (secondary N) is 1. The van der Waals surface area contributed by atoms with E-state index < -0.39 is 6.61 Å². The summed E-state index contributed by atoms with van der Waals surface area (Å²) in [7, 11) is 1.82. The van der Waals surface area contributed by atoms with Gasteiger partial charge in [-0.3, -0.25) is 9.69 Å². The lowest BCUT2D eigenvalue weighted by Gasteiger charge is -2.16. The van der Waals surface area contributed by atoms with Crippen LogP contribution in [-0.4, -0.2) is 37.6 Å². The predicted octanol–water partition coefficient (Wildman–Crippen LogP) is 3.73. The molecule has 26 heavy (non-hydrogen) atoms. The van der Waals surface area contributed by atoms with Crippen molar-refractivity contribution in [1.29, 1.82) is 0 Å². The van der Waals surface area contributed by atoms with E-state index in [1.807, 2.05) is 36.2 Å². The topological polar surface area (TPSA) is 41.6 Å². The third-order valence-corrected chi connectivity index (χ3v) is 3.87. The molecule has 4 nitrogen and oxygen atoms in total. The van der Waals surface area contributed by atoms with E-state index in [1.165, 1.54) is 12.1 Å². The number of rotatable bonds is 9. The van der Waals surface area contributed by atoms with Gasteiger partial charge in [-0.25, -0.2) is 0 Å². The molecule has 0 aliphatic carbocycles. The van der Waals surface area contributed by atoms with Gasteiger partial charge in [-0.05, 0) is 48.9 Å². The smallest absolute Gasteiger partial charge is 0.387 e. The number of hydrogen-bond acceptors (Lipinski definition) is 3. The lowest BCUT2D eigenvalue weighted by molar-refractivity contribution is -0.122. The van der Waals surface area contributed by atoms with E-state index in [0.717, 1.165) is 11.1 Å². The number of carbonyl (C=O) groups excluding carboxylic acids is 1. The molecule has 0 spiro atoms. The van der Waals surface area contributed by atoms with Crippen LogP contribution in [0.25, 0.3) is 0 Å². The molecule has 0 aliphatic heterocycles. The number of ether oxygens (including phenoxy) is 1. The minimum absolute atomic E-state index is 0.0767. The maximum atomic E-state index is 12.1. The number of likely N-dealkylation sites (N-methyl/N-ethyl adjacent to an activating group) is 1. The van der Waals surface area contributed by atoms with E-state index in [0.29, 0.717) is 24.5 Å². The Morgan fingerprint density at radius 1 is 1.19 bits per heavy atom. The number of carbonyl (C=O) groups is 1. The normalized spacial score (nSPS) is 11.0. The van der Waals surface area contributed by atoms with Crippen LogP contribution < -0.4 is 10.1 Å². The highest BCUT2D eigenvalue weighted by atomic mass is 35.5. The quantitative estimate of drug-likeness (QED) is 0.718. The highest BCUT2D eigenvalue weighted by Crippen LogP contribution is 2.15. The highest BCUT2D eigenvalue weighted by Gasteiger charge is 2.08. The summed E-state index contributed by atoms with van der Waals surface area (Å²) < 4.78 is 28.6. The summed E-state index contributed by atoms with van der Waals surface area (Å²) >= 11 is 5.93. The van der Waals surface area contributed by atoms with Crippen molar-refractivity contribution in [1.82, 2.24) is 10.2 Å². The molecule has 0 saturated carbocycles. The van der Waals surface area contributed by atoms with Crippen molar-refractivity contribution in [2.24, 2.45) is 0 Å². The fourth-order valence-corrected chi connectivity index (χ4v) is 2.70. The average Bonchev–Trinajstić information content (AvgIpc) is 2.56. The Hall–Kier alpha value is -2.18. The molecule has 1 N–H and O–H groups in total. The second kappa shape index (κ2) is 10.1. The van der Waals surface area contributed by atoms with Gasteiger partial charge in [0.05, 0.1) is 6.54 Å². The Bertz CT molecular complexity index is 711. The van der Waals surface area contributed by atoms with Crippen molar-refractivity contribution in [3.8, 4) is 5.75 Å². The lowest BCUT2D eigenvalue weighted by atomic mass is 10.1. The van der Waals surface area contributed by atoms with Gasteiger partial charge in [0.2, 0.25) is 5.91 Å². The monoisotopic (exact) mass is 382 g/mol. The van der Waals surface area contributed by atoms with Gasteiger partial charge in [-0.2, -0.15) is 8.78 Å². The zero-order valence-electron chi connectivity index (χ0n) is 14.4.